The average Bonchev–Trinajstić information content (AvgIpc) is 2.60. The first kappa shape index (κ1) is 21.5. The monoisotopic (exact) mass is 428 g/mol. The number of carbonyl (C=O) groups excluding carboxylic acids is 1. The normalized spacial score (nSPS) is 12.5. The lowest BCUT2D eigenvalue weighted by Crippen LogP contribution is -2.49. The van der Waals surface area contributed by atoms with Crippen LogP contribution < -0.4 is 9.62 Å². The highest BCUT2D eigenvalue weighted by atomic mass is 35.5. The van der Waals surface area contributed by atoms with E-state index >= 15 is 0 Å². The predicted molar refractivity (Wildman–Crippen MR) is 111 cm³/mol. The molecule has 2 aromatic carbocycles. The van der Waals surface area contributed by atoms with Crippen LogP contribution in [0.4, 0.5) is 5.69 Å². The number of rotatable bonds is 7. The second-order valence-electron chi connectivity index (χ2n) is 6.28. The third kappa shape index (κ3) is 5.61. The fourth-order valence-electron chi connectivity index (χ4n) is 2.70. The minimum atomic E-state index is -3.77. The summed E-state index contributed by atoms with van der Waals surface area (Å²) in [6, 6.07) is 11.3. The topological polar surface area (TPSA) is 66.5 Å². The molecule has 1 N–H and O–H groups in total. The standard InChI is InChI=1S/C19H22Cl2N2O3S/c1-4-17(19(24)22-12-14-7-5-13(2)6-8-14)23(27(3,25)26)18-11-15(20)9-10-16(18)21/h5-11,17H,4,12H2,1-3H3,(H,22,24)/t17-/m0/s1. The summed E-state index contributed by atoms with van der Waals surface area (Å²) in [5, 5.41) is 3.34. The van der Waals surface area contributed by atoms with E-state index in [-0.39, 0.29) is 17.1 Å². The first-order chi connectivity index (χ1) is 12.6. The number of hydrogen-bond acceptors (Lipinski definition) is 3. The molecule has 1 atom stereocenters. The van der Waals surface area contributed by atoms with Gasteiger partial charge in [-0.25, -0.2) is 8.42 Å². The SMILES string of the molecule is CC[C@@H](C(=O)NCc1ccc(C)cc1)N(c1cc(Cl)ccc1Cl)S(C)(=O)=O. The Morgan fingerprint density at radius 3 is 2.33 bits per heavy atom. The van der Waals surface area contributed by atoms with Crippen molar-refractivity contribution in [2.75, 3.05) is 10.6 Å². The van der Waals surface area contributed by atoms with Crippen LogP contribution >= 0.6 is 23.2 Å². The number of amides is 1. The Morgan fingerprint density at radius 2 is 1.78 bits per heavy atom. The number of halogens is 2. The number of anilines is 1. The Labute approximate surface area is 170 Å². The molecule has 8 heteroatoms. The van der Waals surface area contributed by atoms with Crippen LogP contribution in [0.15, 0.2) is 42.5 Å². The number of benzene rings is 2. The minimum absolute atomic E-state index is 0.184. The van der Waals surface area contributed by atoms with Gasteiger partial charge in [0.15, 0.2) is 0 Å². The van der Waals surface area contributed by atoms with Crippen LogP contribution in [0, 0.1) is 6.92 Å². The van der Waals surface area contributed by atoms with Gasteiger partial charge < -0.3 is 5.32 Å². The molecule has 0 aliphatic heterocycles. The van der Waals surface area contributed by atoms with Gasteiger partial charge in [0.25, 0.3) is 0 Å². The van der Waals surface area contributed by atoms with Gasteiger partial charge in [-0.1, -0.05) is 60.0 Å². The minimum Gasteiger partial charge on any atom is -0.350 e. The molecule has 146 valence electrons. The maximum Gasteiger partial charge on any atom is 0.244 e. The zero-order valence-corrected chi connectivity index (χ0v) is 17.7. The molecule has 0 heterocycles. The van der Waals surface area contributed by atoms with Crippen molar-refractivity contribution >= 4 is 44.8 Å². The first-order valence-electron chi connectivity index (χ1n) is 8.41. The van der Waals surface area contributed by atoms with Gasteiger partial charge >= 0.3 is 0 Å². The molecular weight excluding hydrogens is 407 g/mol. The summed E-state index contributed by atoms with van der Waals surface area (Å²) < 4.78 is 25.9. The molecule has 0 saturated heterocycles. The summed E-state index contributed by atoms with van der Waals surface area (Å²) in [6.45, 7) is 4.03. The van der Waals surface area contributed by atoms with Gasteiger partial charge in [0.05, 0.1) is 17.0 Å². The molecule has 0 spiro atoms. The molecule has 1 amide bonds. The van der Waals surface area contributed by atoms with Crippen LogP contribution in [0.25, 0.3) is 0 Å². The summed E-state index contributed by atoms with van der Waals surface area (Å²) in [6.07, 6.45) is 1.32. The number of nitrogens with one attached hydrogen (secondary N) is 1. The van der Waals surface area contributed by atoms with Crippen LogP contribution in [0.2, 0.25) is 10.0 Å². The molecule has 0 aliphatic rings. The summed E-state index contributed by atoms with van der Waals surface area (Å²) in [5.74, 6) is -0.403. The van der Waals surface area contributed by atoms with Gasteiger partial charge in [-0.15, -0.1) is 0 Å². The molecule has 0 unspecified atom stereocenters. The van der Waals surface area contributed by atoms with Crippen LogP contribution in [0.5, 0.6) is 0 Å². The van der Waals surface area contributed by atoms with Crippen molar-refractivity contribution in [2.45, 2.75) is 32.9 Å². The molecule has 2 rings (SSSR count). The van der Waals surface area contributed by atoms with Gasteiger partial charge in [0.2, 0.25) is 15.9 Å². The van der Waals surface area contributed by atoms with Gasteiger partial charge in [-0.2, -0.15) is 0 Å². The van der Waals surface area contributed by atoms with Crippen molar-refractivity contribution in [2.24, 2.45) is 0 Å². The molecule has 0 fully saturated rings. The van der Waals surface area contributed by atoms with Crippen LogP contribution in [-0.4, -0.2) is 26.6 Å². The zero-order chi connectivity index (χ0) is 20.2. The van der Waals surface area contributed by atoms with Crippen molar-refractivity contribution in [1.29, 1.82) is 0 Å². The van der Waals surface area contributed by atoms with Crippen LogP contribution in [-0.2, 0) is 21.4 Å². The maximum atomic E-state index is 12.8. The predicted octanol–water partition coefficient (Wildman–Crippen LogP) is 4.16. The molecule has 5 nitrogen and oxygen atoms in total. The zero-order valence-electron chi connectivity index (χ0n) is 15.4. The second kappa shape index (κ2) is 8.95. The molecular formula is C19H22Cl2N2O3S. The Bertz CT molecular complexity index is 915. The highest BCUT2D eigenvalue weighted by Gasteiger charge is 2.32. The fraction of sp³-hybridized carbons (Fsp3) is 0.316. The summed E-state index contributed by atoms with van der Waals surface area (Å²) >= 11 is 12.2. The summed E-state index contributed by atoms with van der Waals surface area (Å²) in [5.41, 5.74) is 2.23. The quantitative estimate of drug-likeness (QED) is 0.719. The van der Waals surface area contributed by atoms with Gasteiger partial charge in [0, 0.05) is 11.6 Å². The highest BCUT2D eigenvalue weighted by Crippen LogP contribution is 2.32. The van der Waals surface area contributed by atoms with E-state index in [2.05, 4.69) is 5.32 Å². The number of aryl methyl sites for hydroxylation is 1. The smallest absolute Gasteiger partial charge is 0.244 e. The number of nitrogens with zero attached hydrogens (tertiary/aromatic N) is 1. The van der Waals surface area contributed by atoms with E-state index in [0.29, 0.717) is 11.6 Å². The van der Waals surface area contributed by atoms with Crippen molar-refractivity contribution < 1.29 is 13.2 Å². The van der Waals surface area contributed by atoms with Crippen LogP contribution in [0.3, 0.4) is 0 Å². The van der Waals surface area contributed by atoms with E-state index in [1.807, 2.05) is 31.2 Å². The molecule has 0 bridgehead atoms. The Balaban J connectivity index is 2.30. The van der Waals surface area contributed by atoms with Crippen molar-refractivity contribution in [3.05, 3.63) is 63.6 Å². The van der Waals surface area contributed by atoms with E-state index in [1.54, 1.807) is 13.0 Å². The van der Waals surface area contributed by atoms with Crippen molar-refractivity contribution in [1.82, 2.24) is 5.32 Å². The average molecular weight is 429 g/mol. The molecule has 0 saturated carbocycles. The van der Waals surface area contributed by atoms with Crippen molar-refractivity contribution in [3.63, 3.8) is 0 Å². The molecule has 0 aromatic heterocycles. The van der Waals surface area contributed by atoms with Gasteiger partial charge in [0.1, 0.15) is 6.04 Å². The van der Waals surface area contributed by atoms with Gasteiger partial charge in [-0.05, 0) is 37.1 Å². The Morgan fingerprint density at radius 1 is 1.15 bits per heavy atom. The lowest BCUT2D eigenvalue weighted by atomic mass is 10.1. The number of carbonyl (C=O) groups is 1. The number of hydrogen-bond donors (Lipinski definition) is 1. The third-order valence-corrected chi connectivity index (χ3v) is 5.78. The third-order valence-electron chi connectivity index (χ3n) is 4.06. The van der Waals surface area contributed by atoms with E-state index in [1.165, 1.54) is 12.1 Å². The molecule has 2 aromatic rings. The van der Waals surface area contributed by atoms with E-state index in [9.17, 15) is 13.2 Å². The maximum absolute atomic E-state index is 12.8. The van der Waals surface area contributed by atoms with E-state index in [4.69, 9.17) is 23.2 Å². The lowest BCUT2D eigenvalue weighted by molar-refractivity contribution is -0.122. The van der Waals surface area contributed by atoms with Crippen molar-refractivity contribution in [3.8, 4) is 0 Å². The van der Waals surface area contributed by atoms with Crippen LogP contribution in [0.1, 0.15) is 24.5 Å². The van der Waals surface area contributed by atoms with Gasteiger partial charge in [-0.3, -0.25) is 9.10 Å². The highest BCUT2D eigenvalue weighted by molar-refractivity contribution is 7.92. The first-order valence-corrected chi connectivity index (χ1v) is 11.0. The molecule has 27 heavy (non-hydrogen) atoms. The fourth-order valence-corrected chi connectivity index (χ4v) is 4.34. The molecule has 0 aliphatic carbocycles. The molecule has 0 radical (unpaired) electrons. The summed E-state index contributed by atoms with van der Waals surface area (Å²) in [7, 11) is -3.77. The van der Waals surface area contributed by atoms with E-state index in [0.717, 1.165) is 21.7 Å². The second-order valence-corrected chi connectivity index (χ2v) is 8.99. The Hall–Kier alpha value is -1.76. The van der Waals surface area contributed by atoms with E-state index < -0.39 is 22.0 Å². The Kier molecular flexibility index (Phi) is 7.14. The lowest BCUT2D eigenvalue weighted by Gasteiger charge is -2.30. The number of sulfonamides is 1. The summed E-state index contributed by atoms with van der Waals surface area (Å²) in [4.78, 5) is 12.8. The largest absolute Gasteiger partial charge is 0.350 e.